The highest BCUT2D eigenvalue weighted by Crippen LogP contribution is 2.27. The van der Waals surface area contributed by atoms with Gasteiger partial charge in [-0.3, -0.25) is 0 Å². The summed E-state index contributed by atoms with van der Waals surface area (Å²) in [5.74, 6) is 0. The van der Waals surface area contributed by atoms with Crippen LogP contribution in [0, 0.1) is 0 Å². The van der Waals surface area contributed by atoms with Gasteiger partial charge in [-0.1, -0.05) is 41.4 Å². The van der Waals surface area contributed by atoms with Gasteiger partial charge in [-0.2, -0.15) is 0 Å². The molecule has 0 saturated heterocycles. The summed E-state index contributed by atoms with van der Waals surface area (Å²) >= 11 is 3.53. The third-order valence-electron chi connectivity index (χ3n) is 2.95. The molecule has 2 heteroatoms. The largest absolute Gasteiger partial charge is 0.372 e. The molecule has 0 saturated carbocycles. The van der Waals surface area contributed by atoms with E-state index in [4.69, 9.17) is 4.74 Å². The van der Waals surface area contributed by atoms with Crippen molar-refractivity contribution < 1.29 is 4.74 Å². The Bertz CT molecular complexity index is 347. The molecule has 0 aliphatic carbocycles. The second-order valence-electron chi connectivity index (χ2n) is 4.12. The fraction of sp³-hybridized carbons (Fsp3) is 0.538. The van der Waals surface area contributed by atoms with Crippen LogP contribution in [-0.4, -0.2) is 0 Å². The van der Waals surface area contributed by atoms with Gasteiger partial charge in [-0.15, -0.1) is 0 Å². The van der Waals surface area contributed by atoms with Crippen LogP contribution in [-0.2, 0) is 29.7 Å². The Morgan fingerprint density at radius 2 is 2.20 bits per heavy atom. The van der Waals surface area contributed by atoms with E-state index in [1.54, 1.807) is 0 Å². The maximum atomic E-state index is 5.52. The van der Waals surface area contributed by atoms with E-state index < -0.39 is 0 Å². The van der Waals surface area contributed by atoms with Gasteiger partial charge in [0.05, 0.1) is 13.2 Å². The first kappa shape index (κ1) is 11.2. The SMILES string of the molecule is CCCCc1cc(CBr)cc2c1COC2. The van der Waals surface area contributed by atoms with Crippen molar-refractivity contribution in [3.63, 3.8) is 0 Å². The molecule has 0 radical (unpaired) electrons. The number of alkyl halides is 1. The third kappa shape index (κ3) is 2.43. The van der Waals surface area contributed by atoms with Crippen LogP contribution >= 0.6 is 15.9 Å². The van der Waals surface area contributed by atoms with Crippen LogP contribution in [0.3, 0.4) is 0 Å². The second kappa shape index (κ2) is 5.13. The lowest BCUT2D eigenvalue weighted by atomic mass is 9.96. The van der Waals surface area contributed by atoms with E-state index >= 15 is 0 Å². The molecular formula is C13H17BrO. The zero-order chi connectivity index (χ0) is 10.7. The standard InChI is InChI=1S/C13H17BrO/c1-2-3-4-11-5-10(7-14)6-12-8-15-9-13(11)12/h5-6H,2-4,7-9H2,1H3. The predicted octanol–water partition coefficient (Wildman–Crippen LogP) is 3.95. The molecule has 1 aliphatic rings. The Hall–Kier alpha value is -0.340. The van der Waals surface area contributed by atoms with E-state index in [-0.39, 0.29) is 0 Å². The van der Waals surface area contributed by atoms with Crippen molar-refractivity contribution in [2.45, 2.75) is 44.7 Å². The highest BCUT2D eigenvalue weighted by atomic mass is 79.9. The van der Waals surface area contributed by atoms with Crippen molar-refractivity contribution in [2.24, 2.45) is 0 Å². The molecule has 0 fully saturated rings. The minimum atomic E-state index is 0.801. The van der Waals surface area contributed by atoms with Gasteiger partial charge >= 0.3 is 0 Å². The predicted molar refractivity (Wildman–Crippen MR) is 66.2 cm³/mol. The van der Waals surface area contributed by atoms with E-state index in [1.807, 2.05) is 0 Å². The molecule has 0 N–H and O–H groups in total. The molecule has 2 rings (SSSR count). The number of benzene rings is 1. The summed E-state index contributed by atoms with van der Waals surface area (Å²) < 4.78 is 5.52. The molecule has 0 aromatic heterocycles. The van der Waals surface area contributed by atoms with E-state index in [0.717, 1.165) is 18.5 Å². The molecule has 1 aliphatic heterocycles. The van der Waals surface area contributed by atoms with Crippen LogP contribution in [0.2, 0.25) is 0 Å². The van der Waals surface area contributed by atoms with Gasteiger partial charge in [0, 0.05) is 5.33 Å². The normalized spacial score (nSPS) is 14.3. The van der Waals surface area contributed by atoms with Crippen LogP contribution in [0.25, 0.3) is 0 Å². The number of rotatable bonds is 4. The molecule has 0 atom stereocenters. The van der Waals surface area contributed by atoms with Crippen LogP contribution in [0.1, 0.15) is 42.0 Å². The Balaban J connectivity index is 2.30. The van der Waals surface area contributed by atoms with E-state index in [2.05, 4.69) is 35.0 Å². The molecule has 0 bridgehead atoms. The minimum absolute atomic E-state index is 0.801. The van der Waals surface area contributed by atoms with E-state index in [0.29, 0.717) is 0 Å². The number of halogens is 1. The van der Waals surface area contributed by atoms with Gasteiger partial charge < -0.3 is 4.74 Å². The van der Waals surface area contributed by atoms with Gasteiger partial charge in [0.1, 0.15) is 0 Å². The summed E-state index contributed by atoms with van der Waals surface area (Å²) in [5.41, 5.74) is 5.73. The average molecular weight is 269 g/mol. The maximum Gasteiger partial charge on any atom is 0.0727 e. The summed E-state index contributed by atoms with van der Waals surface area (Å²) in [4.78, 5) is 0. The molecule has 1 aromatic carbocycles. The first-order valence-corrected chi connectivity index (χ1v) is 6.74. The molecule has 15 heavy (non-hydrogen) atoms. The maximum absolute atomic E-state index is 5.52. The molecule has 0 amide bonds. The zero-order valence-corrected chi connectivity index (χ0v) is 10.8. The van der Waals surface area contributed by atoms with Crippen molar-refractivity contribution in [1.29, 1.82) is 0 Å². The molecule has 1 aromatic rings. The van der Waals surface area contributed by atoms with Crippen molar-refractivity contribution >= 4 is 15.9 Å². The highest BCUT2D eigenvalue weighted by Gasteiger charge is 2.15. The Morgan fingerprint density at radius 3 is 2.93 bits per heavy atom. The lowest BCUT2D eigenvalue weighted by molar-refractivity contribution is 0.134. The van der Waals surface area contributed by atoms with Gasteiger partial charge in [-0.25, -0.2) is 0 Å². The summed E-state index contributed by atoms with van der Waals surface area (Å²) in [7, 11) is 0. The minimum Gasteiger partial charge on any atom is -0.372 e. The van der Waals surface area contributed by atoms with Crippen LogP contribution < -0.4 is 0 Å². The Labute approximate surface area is 100.0 Å². The average Bonchev–Trinajstić information content (AvgIpc) is 2.73. The Morgan fingerprint density at radius 1 is 1.33 bits per heavy atom. The Kier molecular flexibility index (Phi) is 3.81. The number of ether oxygens (including phenoxy) is 1. The summed E-state index contributed by atoms with van der Waals surface area (Å²) in [5, 5.41) is 0.944. The monoisotopic (exact) mass is 268 g/mol. The summed E-state index contributed by atoms with van der Waals surface area (Å²) in [6.45, 7) is 3.86. The molecule has 0 spiro atoms. The number of unbranched alkanes of at least 4 members (excludes halogenated alkanes) is 1. The fourth-order valence-electron chi connectivity index (χ4n) is 2.11. The summed E-state index contributed by atoms with van der Waals surface area (Å²) in [6, 6.07) is 4.60. The molecular weight excluding hydrogens is 252 g/mol. The second-order valence-corrected chi connectivity index (χ2v) is 4.68. The molecule has 82 valence electrons. The number of fused-ring (bicyclic) bond motifs is 1. The van der Waals surface area contributed by atoms with Crippen LogP contribution in [0.5, 0.6) is 0 Å². The van der Waals surface area contributed by atoms with Crippen molar-refractivity contribution in [3.8, 4) is 0 Å². The zero-order valence-electron chi connectivity index (χ0n) is 9.18. The van der Waals surface area contributed by atoms with Gasteiger partial charge in [-0.05, 0) is 35.1 Å². The smallest absolute Gasteiger partial charge is 0.0727 e. The quantitative estimate of drug-likeness (QED) is 0.752. The molecule has 1 nitrogen and oxygen atoms in total. The lowest BCUT2D eigenvalue weighted by Crippen LogP contribution is -1.96. The van der Waals surface area contributed by atoms with Crippen LogP contribution in [0.15, 0.2) is 12.1 Å². The number of hydrogen-bond donors (Lipinski definition) is 0. The molecule has 1 heterocycles. The highest BCUT2D eigenvalue weighted by molar-refractivity contribution is 9.08. The first-order chi connectivity index (χ1) is 7.35. The molecule has 0 unspecified atom stereocenters. The third-order valence-corrected chi connectivity index (χ3v) is 3.60. The van der Waals surface area contributed by atoms with E-state index in [9.17, 15) is 0 Å². The summed E-state index contributed by atoms with van der Waals surface area (Å²) in [6.07, 6.45) is 3.73. The topological polar surface area (TPSA) is 9.23 Å². The van der Waals surface area contributed by atoms with Gasteiger partial charge in [0.2, 0.25) is 0 Å². The number of hydrogen-bond acceptors (Lipinski definition) is 1. The van der Waals surface area contributed by atoms with Crippen molar-refractivity contribution in [3.05, 3.63) is 34.4 Å². The first-order valence-electron chi connectivity index (χ1n) is 5.62. The number of aryl methyl sites for hydroxylation is 1. The van der Waals surface area contributed by atoms with Gasteiger partial charge in [0.25, 0.3) is 0 Å². The lowest BCUT2D eigenvalue weighted by Gasteiger charge is -2.09. The van der Waals surface area contributed by atoms with Gasteiger partial charge in [0.15, 0.2) is 0 Å². The van der Waals surface area contributed by atoms with Crippen molar-refractivity contribution in [2.75, 3.05) is 0 Å². The van der Waals surface area contributed by atoms with Crippen LogP contribution in [0.4, 0.5) is 0 Å². The fourth-order valence-corrected chi connectivity index (χ4v) is 2.44. The van der Waals surface area contributed by atoms with E-state index in [1.165, 1.54) is 41.5 Å². The van der Waals surface area contributed by atoms with Crippen molar-refractivity contribution in [1.82, 2.24) is 0 Å².